The number of halogens is 2. The Hall–Kier alpha value is -2.67. The number of hydrogen-bond acceptors (Lipinski definition) is 5. The van der Waals surface area contributed by atoms with Crippen LogP contribution in [-0.4, -0.2) is 26.7 Å². The number of amides is 1. The van der Waals surface area contributed by atoms with Gasteiger partial charge in [-0.15, -0.1) is 11.3 Å². The van der Waals surface area contributed by atoms with Gasteiger partial charge in [-0.1, -0.05) is 29.3 Å². The van der Waals surface area contributed by atoms with Crippen molar-refractivity contribution in [3.05, 3.63) is 91.9 Å². The zero-order chi connectivity index (χ0) is 20.5. The summed E-state index contributed by atoms with van der Waals surface area (Å²) in [7, 11) is 0. The van der Waals surface area contributed by atoms with E-state index in [1.165, 1.54) is 28.4 Å². The highest BCUT2D eigenvalue weighted by Gasteiger charge is 2.46. The molecule has 5 nitrogen and oxygen atoms in total. The van der Waals surface area contributed by atoms with Gasteiger partial charge in [-0.2, -0.15) is 0 Å². The van der Waals surface area contributed by atoms with Crippen LogP contribution in [-0.2, 0) is 16.1 Å². The first-order valence-corrected chi connectivity index (χ1v) is 10.3. The second-order valence-corrected chi connectivity index (χ2v) is 8.22. The molecule has 0 bridgehead atoms. The van der Waals surface area contributed by atoms with Crippen molar-refractivity contribution >= 4 is 52.0 Å². The lowest BCUT2D eigenvalue weighted by Crippen LogP contribution is -2.28. The summed E-state index contributed by atoms with van der Waals surface area (Å²) in [6.45, 7) is 0.216. The molecule has 4 rings (SSSR count). The molecule has 8 heteroatoms. The lowest BCUT2D eigenvalue weighted by molar-refractivity contribution is -0.140. The summed E-state index contributed by atoms with van der Waals surface area (Å²) >= 11 is 13.4. The molecule has 0 aliphatic carbocycles. The fourth-order valence-electron chi connectivity index (χ4n) is 3.27. The average Bonchev–Trinajstić information content (AvgIpc) is 3.33. The van der Waals surface area contributed by atoms with Gasteiger partial charge in [-0.25, -0.2) is 0 Å². The molecule has 146 valence electrons. The lowest BCUT2D eigenvalue weighted by Gasteiger charge is -2.24. The summed E-state index contributed by atoms with van der Waals surface area (Å²) in [5.74, 6) is -1.68. The number of benzene rings is 1. The largest absolute Gasteiger partial charge is 0.507 e. The quantitative estimate of drug-likeness (QED) is 0.346. The Morgan fingerprint density at radius 1 is 1.10 bits per heavy atom. The molecule has 0 radical (unpaired) electrons. The van der Waals surface area contributed by atoms with Crippen LogP contribution in [0.2, 0.25) is 10.0 Å². The fourth-order valence-corrected chi connectivity index (χ4v) is 4.41. The number of rotatable bonds is 4. The minimum Gasteiger partial charge on any atom is -0.507 e. The van der Waals surface area contributed by atoms with E-state index in [4.69, 9.17) is 23.2 Å². The Morgan fingerprint density at radius 2 is 1.86 bits per heavy atom. The highest BCUT2D eigenvalue weighted by atomic mass is 35.5. The number of Topliss-reactive ketones (excluding diaryl/α,β-unsaturated/α-hetero) is 1. The van der Waals surface area contributed by atoms with Crippen LogP contribution >= 0.6 is 34.5 Å². The third kappa shape index (κ3) is 3.67. The van der Waals surface area contributed by atoms with Crippen molar-refractivity contribution in [2.75, 3.05) is 0 Å². The summed E-state index contributed by atoms with van der Waals surface area (Å²) in [5, 5.41) is 13.4. The van der Waals surface area contributed by atoms with Gasteiger partial charge in [0, 0.05) is 29.4 Å². The van der Waals surface area contributed by atoms with E-state index in [1.807, 2.05) is 17.5 Å². The van der Waals surface area contributed by atoms with Crippen LogP contribution in [0.4, 0.5) is 0 Å². The zero-order valence-electron chi connectivity index (χ0n) is 14.9. The normalized spacial score (nSPS) is 18.4. The molecule has 1 unspecified atom stereocenters. The van der Waals surface area contributed by atoms with Gasteiger partial charge in [0.15, 0.2) is 0 Å². The van der Waals surface area contributed by atoms with Gasteiger partial charge in [0.1, 0.15) is 5.76 Å². The molecular formula is C21H14Cl2N2O3S. The Bertz CT molecular complexity index is 1110. The molecule has 1 atom stereocenters. The first kappa shape index (κ1) is 19.6. The van der Waals surface area contributed by atoms with Crippen LogP contribution in [0.3, 0.4) is 0 Å². The number of hydrogen-bond donors (Lipinski definition) is 1. The maximum absolute atomic E-state index is 12.9. The summed E-state index contributed by atoms with van der Waals surface area (Å²) < 4.78 is 0. The van der Waals surface area contributed by atoms with Gasteiger partial charge in [0.05, 0.1) is 21.7 Å². The molecule has 1 N–H and O–H groups in total. The van der Waals surface area contributed by atoms with Gasteiger partial charge in [0.2, 0.25) is 0 Å². The highest BCUT2D eigenvalue weighted by Crippen LogP contribution is 2.42. The second kappa shape index (κ2) is 7.99. The zero-order valence-corrected chi connectivity index (χ0v) is 17.2. The smallest absolute Gasteiger partial charge is 0.295 e. The van der Waals surface area contributed by atoms with Gasteiger partial charge >= 0.3 is 0 Å². The van der Waals surface area contributed by atoms with E-state index in [9.17, 15) is 14.7 Å². The Morgan fingerprint density at radius 3 is 2.52 bits per heavy atom. The Kier molecular flexibility index (Phi) is 5.41. The van der Waals surface area contributed by atoms with E-state index in [-0.39, 0.29) is 22.9 Å². The number of carbonyl (C=O) groups is 2. The molecule has 1 fully saturated rings. The van der Waals surface area contributed by atoms with E-state index in [0.29, 0.717) is 10.6 Å². The molecule has 0 spiro atoms. The Balaban J connectivity index is 1.84. The van der Waals surface area contributed by atoms with Gasteiger partial charge in [0.25, 0.3) is 11.7 Å². The average molecular weight is 445 g/mol. The molecule has 1 amide bonds. The molecular weight excluding hydrogens is 431 g/mol. The summed E-state index contributed by atoms with van der Waals surface area (Å²) in [6.07, 6.45) is 3.25. The van der Waals surface area contributed by atoms with Crippen LogP contribution in [0.1, 0.15) is 22.0 Å². The monoisotopic (exact) mass is 444 g/mol. The topological polar surface area (TPSA) is 70.5 Å². The summed E-state index contributed by atoms with van der Waals surface area (Å²) in [4.78, 5) is 32.0. The SMILES string of the molecule is O=C1C(=O)N(Cc2ccncc2)C(c2cccs2)/C1=C(/O)c1ccc(Cl)c(Cl)c1. The van der Waals surface area contributed by atoms with Crippen LogP contribution in [0.15, 0.2) is 65.8 Å². The van der Waals surface area contributed by atoms with Crippen molar-refractivity contribution in [3.8, 4) is 0 Å². The third-order valence-electron chi connectivity index (χ3n) is 4.65. The molecule has 1 aliphatic rings. The first-order valence-electron chi connectivity index (χ1n) is 8.63. The molecule has 1 aromatic carbocycles. The predicted octanol–water partition coefficient (Wildman–Crippen LogP) is 5.07. The standard InChI is InChI=1S/C21H14Cl2N2O3S/c22-14-4-3-13(10-15(14)23)19(26)17-18(16-2-1-9-29-16)25(21(28)20(17)27)11-12-5-7-24-8-6-12/h1-10,18,26H,11H2/b19-17-. The van der Waals surface area contributed by atoms with Gasteiger partial charge < -0.3 is 10.0 Å². The number of aliphatic hydroxyl groups excluding tert-OH is 1. The first-order chi connectivity index (χ1) is 14.0. The second-order valence-electron chi connectivity index (χ2n) is 6.43. The number of carbonyl (C=O) groups excluding carboxylic acids is 2. The highest BCUT2D eigenvalue weighted by molar-refractivity contribution is 7.10. The van der Waals surface area contributed by atoms with E-state index in [0.717, 1.165) is 10.4 Å². The van der Waals surface area contributed by atoms with Gasteiger partial charge in [-0.05, 0) is 47.3 Å². The maximum atomic E-state index is 12.9. The maximum Gasteiger partial charge on any atom is 0.295 e. The van der Waals surface area contributed by atoms with Crippen molar-refractivity contribution in [1.82, 2.24) is 9.88 Å². The fraction of sp³-hybridized carbons (Fsp3) is 0.0952. The van der Waals surface area contributed by atoms with Crippen LogP contribution < -0.4 is 0 Å². The van der Waals surface area contributed by atoms with Crippen molar-refractivity contribution in [3.63, 3.8) is 0 Å². The van der Waals surface area contributed by atoms with Crippen molar-refractivity contribution < 1.29 is 14.7 Å². The molecule has 3 heterocycles. The third-order valence-corrected chi connectivity index (χ3v) is 6.31. The van der Waals surface area contributed by atoms with E-state index < -0.39 is 17.7 Å². The minimum absolute atomic E-state index is 0.0323. The molecule has 1 saturated heterocycles. The predicted molar refractivity (Wildman–Crippen MR) is 113 cm³/mol. The number of aliphatic hydroxyl groups is 1. The summed E-state index contributed by atoms with van der Waals surface area (Å²) in [5.41, 5.74) is 1.19. The van der Waals surface area contributed by atoms with E-state index in [2.05, 4.69) is 4.98 Å². The number of ketones is 1. The molecule has 3 aromatic rings. The Labute approximate surface area is 180 Å². The molecule has 0 saturated carbocycles. The van der Waals surface area contributed by atoms with Crippen molar-refractivity contribution in [1.29, 1.82) is 0 Å². The number of thiophene rings is 1. The minimum atomic E-state index is -0.735. The molecule has 29 heavy (non-hydrogen) atoms. The van der Waals surface area contributed by atoms with Gasteiger partial charge in [-0.3, -0.25) is 14.6 Å². The summed E-state index contributed by atoms with van der Waals surface area (Å²) in [6, 6.07) is 11.1. The van der Waals surface area contributed by atoms with Crippen LogP contribution in [0.25, 0.3) is 5.76 Å². The number of aromatic nitrogens is 1. The number of pyridine rings is 1. The van der Waals surface area contributed by atoms with E-state index >= 15 is 0 Å². The van der Waals surface area contributed by atoms with Crippen LogP contribution in [0, 0.1) is 0 Å². The lowest BCUT2D eigenvalue weighted by atomic mass is 10.00. The van der Waals surface area contributed by atoms with Crippen molar-refractivity contribution in [2.45, 2.75) is 12.6 Å². The van der Waals surface area contributed by atoms with E-state index in [1.54, 1.807) is 30.6 Å². The molecule has 1 aliphatic heterocycles. The van der Waals surface area contributed by atoms with Crippen molar-refractivity contribution in [2.24, 2.45) is 0 Å². The number of nitrogens with zero attached hydrogens (tertiary/aromatic N) is 2. The van der Waals surface area contributed by atoms with Crippen LogP contribution in [0.5, 0.6) is 0 Å². The molecule has 2 aromatic heterocycles. The number of likely N-dealkylation sites (tertiary alicyclic amines) is 1.